The van der Waals surface area contributed by atoms with Crippen molar-refractivity contribution in [3.63, 3.8) is 0 Å². The molecule has 1 unspecified atom stereocenters. The molecule has 5 heteroatoms. The number of aromatic carboxylic acids is 1. The predicted octanol–water partition coefficient (Wildman–Crippen LogP) is 1.46. The molecule has 0 aromatic heterocycles. The van der Waals surface area contributed by atoms with Crippen molar-refractivity contribution in [3.8, 4) is 5.75 Å². The average Bonchev–Trinajstić information content (AvgIpc) is 2.27. The zero-order chi connectivity index (χ0) is 10.8. The molecule has 4 nitrogen and oxygen atoms in total. The summed E-state index contributed by atoms with van der Waals surface area (Å²) in [6.07, 6.45) is 1.75. The zero-order valence-corrected chi connectivity index (χ0v) is 9.50. The van der Waals surface area contributed by atoms with Crippen molar-refractivity contribution >= 4 is 18.4 Å². The fraction of sp³-hybridized carbons (Fsp3) is 0.364. The monoisotopic (exact) mass is 243 g/mol. The highest BCUT2D eigenvalue weighted by molar-refractivity contribution is 5.88. The third-order valence-electron chi connectivity index (χ3n) is 2.60. The van der Waals surface area contributed by atoms with Crippen LogP contribution in [0.15, 0.2) is 18.2 Å². The molecule has 0 radical (unpaired) electrons. The number of aryl methyl sites for hydroxylation is 1. The van der Waals surface area contributed by atoms with Crippen molar-refractivity contribution < 1.29 is 14.6 Å². The van der Waals surface area contributed by atoms with Crippen LogP contribution in [0.25, 0.3) is 0 Å². The lowest BCUT2D eigenvalue weighted by Crippen LogP contribution is -2.30. The molecule has 1 aliphatic rings. The minimum Gasteiger partial charge on any atom is -0.489 e. The van der Waals surface area contributed by atoms with Crippen molar-refractivity contribution in [2.24, 2.45) is 5.73 Å². The summed E-state index contributed by atoms with van der Waals surface area (Å²) in [4.78, 5) is 10.7. The van der Waals surface area contributed by atoms with E-state index < -0.39 is 5.97 Å². The van der Waals surface area contributed by atoms with E-state index in [1.807, 2.05) is 0 Å². The number of carboxylic acid groups (broad SMARTS) is 1. The molecular formula is C11H14ClNO3. The molecule has 0 amide bonds. The van der Waals surface area contributed by atoms with Crippen LogP contribution in [0, 0.1) is 0 Å². The fourth-order valence-corrected chi connectivity index (χ4v) is 1.74. The van der Waals surface area contributed by atoms with Gasteiger partial charge in [-0.05, 0) is 36.6 Å². The Morgan fingerprint density at radius 1 is 1.56 bits per heavy atom. The van der Waals surface area contributed by atoms with Crippen LogP contribution in [0.3, 0.4) is 0 Å². The maximum atomic E-state index is 10.7. The first-order valence-corrected chi connectivity index (χ1v) is 4.93. The number of carboxylic acids is 1. The molecule has 0 fully saturated rings. The van der Waals surface area contributed by atoms with Crippen LogP contribution >= 0.6 is 12.4 Å². The molecular weight excluding hydrogens is 230 g/mol. The number of hydrogen-bond acceptors (Lipinski definition) is 3. The van der Waals surface area contributed by atoms with Gasteiger partial charge in [-0.3, -0.25) is 0 Å². The van der Waals surface area contributed by atoms with Gasteiger partial charge in [0.1, 0.15) is 11.9 Å². The van der Waals surface area contributed by atoms with Gasteiger partial charge in [0, 0.05) is 6.54 Å². The molecule has 0 saturated carbocycles. The highest BCUT2D eigenvalue weighted by Crippen LogP contribution is 2.28. The highest BCUT2D eigenvalue weighted by Gasteiger charge is 2.19. The summed E-state index contributed by atoms with van der Waals surface area (Å²) in [5, 5.41) is 8.82. The normalized spacial score (nSPS) is 17.9. The Hall–Kier alpha value is -1.26. The van der Waals surface area contributed by atoms with E-state index >= 15 is 0 Å². The molecule has 1 atom stereocenters. The van der Waals surface area contributed by atoms with Crippen molar-refractivity contribution in [1.29, 1.82) is 0 Å². The Morgan fingerprint density at radius 3 is 2.94 bits per heavy atom. The molecule has 16 heavy (non-hydrogen) atoms. The largest absolute Gasteiger partial charge is 0.489 e. The van der Waals surface area contributed by atoms with E-state index in [1.54, 1.807) is 18.2 Å². The lowest BCUT2D eigenvalue weighted by atomic mass is 10.00. The smallest absolute Gasteiger partial charge is 0.335 e. The Morgan fingerprint density at radius 2 is 2.31 bits per heavy atom. The number of halogens is 1. The molecule has 0 aliphatic carbocycles. The predicted molar refractivity (Wildman–Crippen MR) is 62.4 cm³/mol. The van der Waals surface area contributed by atoms with Gasteiger partial charge < -0.3 is 15.6 Å². The second-order valence-corrected chi connectivity index (χ2v) is 3.64. The van der Waals surface area contributed by atoms with E-state index in [4.69, 9.17) is 15.6 Å². The first-order chi connectivity index (χ1) is 7.20. The summed E-state index contributed by atoms with van der Waals surface area (Å²) in [6.45, 7) is 0.500. The average molecular weight is 244 g/mol. The first kappa shape index (κ1) is 12.8. The molecule has 3 N–H and O–H groups in total. The molecule has 1 aromatic rings. The number of hydrogen-bond donors (Lipinski definition) is 2. The summed E-state index contributed by atoms with van der Waals surface area (Å²) in [6, 6.07) is 4.94. The molecule has 0 bridgehead atoms. The molecule has 0 saturated heterocycles. The Labute approximate surface area is 99.8 Å². The van der Waals surface area contributed by atoms with E-state index in [-0.39, 0.29) is 18.5 Å². The number of benzene rings is 1. The molecule has 1 aliphatic heterocycles. The van der Waals surface area contributed by atoms with Crippen LogP contribution in [0.2, 0.25) is 0 Å². The number of fused-ring (bicyclic) bond motifs is 1. The van der Waals surface area contributed by atoms with Gasteiger partial charge in [-0.25, -0.2) is 4.79 Å². The topological polar surface area (TPSA) is 72.6 Å². The second kappa shape index (κ2) is 5.18. The summed E-state index contributed by atoms with van der Waals surface area (Å²) in [7, 11) is 0. The van der Waals surface area contributed by atoms with Crippen LogP contribution in [0.5, 0.6) is 5.75 Å². The quantitative estimate of drug-likeness (QED) is 0.825. The summed E-state index contributed by atoms with van der Waals surface area (Å²) in [5.41, 5.74) is 6.79. The summed E-state index contributed by atoms with van der Waals surface area (Å²) in [5.74, 6) is -0.138. The number of rotatable bonds is 2. The van der Waals surface area contributed by atoms with Gasteiger partial charge in [-0.2, -0.15) is 0 Å². The lowest BCUT2D eigenvalue weighted by molar-refractivity contribution is 0.0696. The number of carbonyl (C=O) groups is 1. The fourth-order valence-electron chi connectivity index (χ4n) is 1.74. The summed E-state index contributed by atoms with van der Waals surface area (Å²) < 4.78 is 5.60. The van der Waals surface area contributed by atoms with Crippen molar-refractivity contribution in [3.05, 3.63) is 29.3 Å². The number of nitrogens with two attached hydrogens (primary N) is 1. The van der Waals surface area contributed by atoms with E-state index in [0.29, 0.717) is 12.1 Å². The van der Waals surface area contributed by atoms with Crippen molar-refractivity contribution in [1.82, 2.24) is 0 Å². The Kier molecular flexibility index (Phi) is 4.15. The first-order valence-electron chi connectivity index (χ1n) is 4.93. The van der Waals surface area contributed by atoms with Gasteiger partial charge in [0.2, 0.25) is 0 Å². The van der Waals surface area contributed by atoms with Gasteiger partial charge in [0.15, 0.2) is 0 Å². The van der Waals surface area contributed by atoms with Crippen LogP contribution in [0.4, 0.5) is 0 Å². The molecule has 1 aromatic carbocycles. The van der Waals surface area contributed by atoms with E-state index in [0.717, 1.165) is 24.2 Å². The van der Waals surface area contributed by atoms with Gasteiger partial charge in [0.05, 0.1) is 5.56 Å². The highest BCUT2D eigenvalue weighted by atomic mass is 35.5. The SMILES string of the molecule is Cl.NCC1CCc2cc(C(=O)O)ccc2O1. The van der Waals surface area contributed by atoms with Crippen LogP contribution in [0.1, 0.15) is 22.3 Å². The van der Waals surface area contributed by atoms with Gasteiger partial charge in [0.25, 0.3) is 0 Å². The third-order valence-corrected chi connectivity index (χ3v) is 2.60. The lowest BCUT2D eigenvalue weighted by Gasteiger charge is -2.25. The van der Waals surface area contributed by atoms with Crippen molar-refractivity contribution in [2.75, 3.05) is 6.54 Å². The van der Waals surface area contributed by atoms with Crippen LogP contribution in [-0.2, 0) is 6.42 Å². The molecule has 2 rings (SSSR count). The van der Waals surface area contributed by atoms with E-state index in [1.165, 1.54) is 0 Å². The van der Waals surface area contributed by atoms with E-state index in [2.05, 4.69) is 0 Å². The van der Waals surface area contributed by atoms with Gasteiger partial charge >= 0.3 is 5.97 Å². The molecule has 88 valence electrons. The maximum absolute atomic E-state index is 10.7. The zero-order valence-electron chi connectivity index (χ0n) is 8.68. The molecule has 0 spiro atoms. The summed E-state index contributed by atoms with van der Waals surface area (Å²) >= 11 is 0. The molecule has 1 heterocycles. The maximum Gasteiger partial charge on any atom is 0.335 e. The standard InChI is InChI=1S/C11H13NO3.ClH/c12-6-9-3-1-7-5-8(11(13)14)2-4-10(7)15-9;/h2,4-5,9H,1,3,6,12H2,(H,13,14);1H. The van der Waals surface area contributed by atoms with E-state index in [9.17, 15) is 4.79 Å². The van der Waals surface area contributed by atoms with Crippen LogP contribution < -0.4 is 10.5 Å². The minimum atomic E-state index is -0.904. The Balaban J connectivity index is 0.00000128. The minimum absolute atomic E-state index is 0. The van der Waals surface area contributed by atoms with Crippen molar-refractivity contribution in [2.45, 2.75) is 18.9 Å². The second-order valence-electron chi connectivity index (χ2n) is 3.64. The van der Waals surface area contributed by atoms with Gasteiger partial charge in [-0.15, -0.1) is 12.4 Å². The van der Waals surface area contributed by atoms with Crippen LogP contribution in [-0.4, -0.2) is 23.7 Å². The Bertz CT molecular complexity index is 395. The number of ether oxygens (including phenoxy) is 1. The van der Waals surface area contributed by atoms with Gasteiger partial charge in [-0.1, -0.05) is 0 Å². The third kappa shape index (κ3) is 2.46.